The maximum atomic E-state index is 6.62. The Morgan fingerprint density at radius 1 is 0.468 bits per heavy atom. The monoisotopic (exact) mass is 602 g/mol. The summed E-state index contributed by atoms with van der Waals surface area (Å²) >= 11 is 0. The van der Waals surface area contributed by atoms with Crippen LogP contribution in [0, 0.1) is 0 Å². The van der Waals surface area contributed by atoms with Crippen molar-refractivity contribution in [1.82, 2.24) is 19.5 Å². The Balaban J connectivity index is 1.44. The Kier molecular flexibility index (Phi) is 4.75. The summed E-state index contributed by atoms with van der Waals surface area (Å²) in [5, 5.41) is 8.23. The molecule has 6 aromatic carbocycles. The van der Waals surface area contributed by atoms with Gasteiger partial charge >= 0.3 is 0 Å². The predicted molar refractivity (Wildman–Crippen MR) is 189 cm³/mol. The average Bonchev–Trinajstić information content (AvgIpc) is 3.82. The lowest BCUT2D eigenvalue weighted by Crippen LogP contribution is -2.03. The molecule has 0 N–H and O–H groups in total. The lowest BCUT2D eigenvalue weighted by Gasteiger charge is -2.12. The molecular weight excluding hydrogens is 580 g/mol. The minimum Gasteiger partial charge on any atom is -0.455 e. The second-order valence-corrected chi connectivity index (χ2v) is 12.0. The van der Waals surface area contributed by atoms with E-state index in [4.69, 9.17) is 23.8 Å². The summed E-state index contributed by atoms with van der Waals surface area (Å²) < 4.78 is 15.3. The summed E-state index contributed by atoms with van der Waals surface area (Å²) in [5.74, 6) is 0.554. The fourth-order valence-corrected chi connectivity index (χ4v) is 7.43. The molecule has 0 amide bonds. The van der Waals surface area contributed by atoms with Gasteiger partial charge in [0.15, 0.2) is 5.58 Å². The first kappa shape index (κ1) is 24.8. The van der Waals surface area contributed by atoms with E-state index in [1.165, 1.54) is 0 Å². The summed E-state index contributed by atoms with van der Waals surface area (Å²) in [6.07, 6.45) is 1.97. The van der Waals surface area contributed by atoms with E-state index in [2.05, 4.69) is 77.4 Å². The summed E-state index contributed by atoms with van der Waals surface area (Å²) in [6.45, 7) is 0. The number of aromatic nitrogens is 4. The van der Waals surface area contributed by atoms with Crippen LogP contribution in [-0.4, -0.2) is 19.5 Å². The van der Waals surface area contributed by atoms with Gasteiger partial charge in [-0.1, -0.05) is 109 Å². The summed E-state index contributed by atoms with van der Waals surface area (Å²) in [7, 11) is 0. The third-order valence-corrected chi connectivity index (χ3v) is 9.42. The molecule has 0 saturated carbocycles. The molecule has 0 aliphatic rings. The first-order valence-electron chi connectivity index (χ1n) is 15.6. The number of fused-ring (bicyclic) bond motifs is 15. The highest BCUT2D eigenvalue weighted by Crippen LogP contribution is 2.47. The topological polar surface area (TPSA) is 69.9 Å². The van der Waals surface area contributed by atoms with E-state index < -0.39 is 0 Å². The van der Waals surface area contributed by atoms with Crippen LogP contribution in [0.2, 0.25) is 0 Å². The number of furan rings is 2. The van der Waals surface area contributed by atoms with Gasteiger partial charge in [0.25, 0.3) is 0 Å². The Hall–Kier alpha value is -6.53. The summed E-state index contributed by atoms with van der Waals surface area (Å²) in [6, 6.07) is 43.3. The van der Waals surface area contributed by atoms with Crippen molar-refractivity contribution in [1.29, 1.82) is 0 Å². The number of nitrogens with zero attached hydrogens (tertiary/aromatic N) is 4. The van der Waals surface area contributed by atoms with E-state index >= 15 is 0 Å². The molecule has 11 aromatic rings. The standard InChI is InChI=1S/C41H22N4O2/c1-2-12-23(13-3-1)34-40-35(29-19-9-11-21-31(29)47-40)44-41(43-34)45-37-26-16-6-7-17-27(26)39-32(28-18-8-10-20-30(28)46-39)33(37)36-38(45)25-15-5-4-14-24(25)22-42-36/h1-22H. The third-order valence-electron chi connectivity index (χ3n) is 9.42. The molecular formula is C41H22N4O2. The molecule has 0 aliphatic heterocycles. The van der Waals surface area contributed by atoms with E-state index in [-0.39, 0.29) is 0 Å². The van der Waals surface area contributed by atoms with Crippen LogP contribution in [0.25, 0.3) is 105 Å². The molecule has 0 saturated heterocycles. The van der Waals surface area contributed by atoms with Crippen molar-refractivity contribution in [2.45, 2.75) is 0 Å². The maximum absolute atomic E-state index is 6.62. The summed E-state index contributed by atoms with van der Waals surface area (Å²) in [4.78, 5) is 15.9. The van der Waals surface area contributed by atoms with Gasteiger partial charge in [0.2, 0.25) is 5.95 Å². The van der Waals surface area contributed by atoms with Gasteiger partial charge < -0.3 is 8.83 Å². The van der Waals surface area contributed by atoms with E-state index in [0.717, 1.165) is 93.2 Å². The molecule has 0 unspecified atom stereocenters. The van der Waals surface area contributed by atoms with E-state index in [9.17, 15) is 0 Å². The molecule has 0 bridgehead atoms. The Labute approximate surface area is 266 Å². The quantitative estimate of drug-likeness (QED) is 0.197. The Morgan fingerprint density at radius 3 is 1.94 bits per heavy atom. The number of benzene rings is 6. The van der Waals surface area contributed by atoms with Gasteiger partial charge in [-0.15, -0.1) is 0 Å². The average molecular weight is 603 g/mol. The maximum Gasteiger partial charge on any atom is 0.236 e. The largest absolute Gasteiger partial charge is 0.455 e. The molecule has 6 heteroatoms. The molecule has 11 rings (SSSR count). The molecule has 218 valence electrons. The van der Waals surface area contributed by atoms with Crippen molar-refractivity contribution < 1.29 is 8.83 Å². The second-order valence-electron chi connectivity index (χ2n) is 12.0. The minimum absolute atomic E-state index is 0.554. The van der Waals surface area contributed by atoms with Crippen LogP contribution in [-0.2, 0) is 0 Å². The number of hydrogen-bond acceptors (Lipinski definition) is 5. The van der Waals surface area contributed by atoms with Gasteiger partial charge in [-0.25, -0.2) is 9.97 Å². The van der Waals surface area contributed by atoms with Gasteiger partial charge in [0.05, 0.1) is 16.6 Å². The third kappa shape index (κ3) is 3.26. The van der Waals surface area contributed by atoms with E-state index in [1.807, 2.05) is 60.8 Å². The smallest absolute Gasteiger partial charge is 0.236 e. The van der Waals surface area contributed by atoms with Crippen molar-refractivity contribution in [3.8, 4) is 17.2 Å². The normalized spacial score (nSPS) is 12.3. The number of hydrogen-bond donors (Lipinski definition) is 0. The van der Waals surface area contributed by atoms with Gasteiger partial charge in [-0.05, 0) is 18.2 Å². The number of rotatable bonds is 2. The molecule has 0 fully saturated rings. The highest BCUT2D eigenvalue weighted by atomic mass is 16.3. The van der Waals surface area contributed by atoms with Crippen LogP contribution in [0.5, 0.6) is 0 Å². The highest BCUT2D eigenvalue weighted by molar-refractivity contribution is 6.36. The Morgan fingerprint density at radius 2 is 1.11 bits per heavy atom. The fraction of sp³-hybridized carbons (Fsp3) is 0. The van der Waals surface area contributed by atoms with Crippen LogP contribution in [0.15, 0.2) is 142 Å². The molecule has 0 atom stereocenters. The Bertz CT molecular complexity index is 3080. The van der Waals surface area contributed by atoms with Crippen molar-refractivity contribution in [2.75, 3.05) is 0 Å². The molecule has 0 radical (unpaired) electrons. The number of pyridine rings is 1. The zero-order chi connectivity index (χ0) is 30.6. The lowest BCUT2D eigenvalue weighted by atomic mass is 10.0. The molecule has 47 heavy (non-hydrogen) atoms. The second kappa shape index (κ2) is 9.02. The van der Waals surface area contributed by atoms with Gasteiger partial charge in [0, 0.05) is 54.9 Å². The van der Waals surface area contributed by atoms with E-state index in [1.54, 1.807) is 0 Å². The van der Waals surface area contributed by atoms with Crippen molar-refractivity contribution >= 4 is 87.5 Å². The highest BCUT2D eigenvalue weighted by Gasteiger charge is 2.27. The van der Waals surface area contributed by atoms with E-state index in [0.29, 0.717) is 11.5 Å². The SMILES string of the molecule is c1ccc(-c2nc(-n3c4c5ccccc5cnc4c4c5c6ccccc6oc5c5ccccc5c43)nc3c2oc2ccccc23)cc1. The zero-order valence-corrected chi connectivity index (χ0v) is 24.8. The van der Waals surface area contributed by atoms with Crippen LogP contribution in [0.3, 0.4) is 0 Å². The minimum atomic E-state index is 0.554. The molecule has 6 nitrogen and oxygen atoms in total. The van der Waals surface area contributed by atoms with Crippen molar-refractivity contribution in [2.24, 2.45) is 0 Å². The van der Waals surface area contributed by atoms with Gasteiger partial charge in [-0.2, -0.15) is 0 Å². The molecule has 5 heterocycles. The lowest BCUT2D eigenvalue weighted by molar-refractivity contribution is 0.666. The first-order chi connectivity index (χ1) is 23.3. The molecule has 0 aliphatic carbocycles. The van der Waals surface area contributed by atoms with Gasteiger partial charge in [0.1, 0.15) is 28.0 Å². The van der Waals surface area contributed by atoms with Crippen molar-refractivity contribution in [3.63, 3.8) is 0 Å². The van der Waals surface area contributed by atoms with Gasteiger partial charge in [-0.3, -0.25) is 9.55 Å². The first-order valence-corrected chi connectivity index (χ1v) is 15.6. The predicted octanol–water partition coefficient (Wildman–Crippen LogP) is 10.7. The zero-order valence-electron chi connectivity index (χ0n) is 24.8. The van der Waals surface area contributed by atoms with Crippen LogP contribution in [0.4, 0.5) is 0 Å². The van der Waals surface area contributed by atoms with Crippen LogP contribution in [0.1, 0.15) is 0 Å². The molecule has 0 spiro atoms. The number of para-hydroxylation sites is 2. The summed E-state index contributed by atoms with van der Waals surface area (Å²) in [5.41, 5.74) is 8.42. The molecule has 5 aromatic heterocycles. The fourth-order valence-electron chi connectivity index (χ4n) is 7.43. The van der Waals surface area contributed by atoms with Crippen LogP contribution >= 0.6 is 0 Å². The van der Waals surface area contributed by atoms with Crippen LogP contribution < -0.4 is 0 Å². The van der Waals surface area contributed by atoms with Crippen molar-refractivity contribution in [3.05, 3.63) is 134 Å².